The van der Waals surface area contributed by atoms with Gasteiger partial charge in [0, 0.05) is 29.6 Å². The third kappa shape index (κ3) is 3.02. The van der Waals surface area contributed by atoms with Gasteiger partial charge in [-0.2, -0.15) is 10.1 Å². The molecular weight excluding hydrogens is 362 g/mol. The van der Waals surface area contributed by atoms with Crippen molar-refractivity contribution in [2.75, 3.05) is 25.1 Å². The lowest BCUT2D eigenvalue weighted by molar-refractivity contribution is 0.406. The number of ether oxygens (including phenoxy) is 1. The molecule has 9 heteroatoms. The van der Waals surface area contributed by atoms with E-state index in [1.54, 1.807) is 18.9 Å². The van der Waals surface area contributed by atoms with Gasteiger partial charge >= 0.3 is 0 Å². The largest absolute Gasteiger partial charge is 0.496 e. The van der Waals surface area contributed by atoms with E-state index in [1.807, 2.05) is 30.8 Å². The number of anilines is 1. The van der Waals surface area contributed by atoms with Crippen LogP contribution >= 0.6 is 11.8 Å². The van der Waals surface area contributed by atoms with Gasteiger partial charge < -0.3 is 16.2 Å². The number of thioether (sulfide) groups is 1. The second kappa shape index (κ2) is 6.82. The highest BCUT2D eigenvalue weighted by Gasteiger charge is 2.21. The Morgan fingerprint density at radius 1 is 1.30 bits per heavy atom. The van der Waals surface area contributed by atoms with E-state index in [-0.39, 0.29) is 5.95 Å². The Hall–Kier alpha value is -2.65. The number of aryl methyl sites for hydroxylation is 1. The summed E-state index contributed by atoms with van der Waals surface area (Å²) in [5.74, 6) is 1.85. The monoisotopic (exact) mass is 383 g/mol. The number of nitrogens with zero attached hydrogens (tertiary/aromatic N) is 5. The topological polar surface area (TPSA) is 118 Å². The first-order valence-electron chi connectivity index (χ1n) is 8.57. The summed E-state index contributed by atoms with van der Waals surface area (Å²) in [4.78, 5) is 13.4. The average molecular weight is 383 g/mol. The van der Waals surface area contributed by atoms with Crippen LogP contribution in [-0.2, 0) is 6.54 Å². The predicted molar refractivity (Wildman–Crippen MR) is 107 cm³/mol. The molecule has 0 atom stereocenters. The molecule has 3 aromatic rings. The van der Waals surface area contributed by atoms with Gasteiger partial charge in [0.1, 0.15) is 10.8 Å². The summed E-state index contributed by atoms with van der Waals surface area (Å²) in [7, 11) is 1.67. The van der Waals surface area contributed by atoms with Gasteiger partial charge in [-0.25, -0.2) is 9.67 Å². The minimum Gasteiger partial charge on any atom is -0.496 e. The Bertz CT molecular complexity index is 1070. The molecule has 0 unspecified atom stereocenters. The van der Waals surface area contributed by atoms with Crippen LogP contribution in [0.4, 0.5) is 5.95 Å². The van der Waals surface area contributed by atoms with Crippen LogP contribution in [0, 0.1) is 13.8 Å². The number of pyridine rings is 1. The molecule has 0 amide bonds. The maximum atomic E-state index is 5.96. The summed E-state index contributed by atoms with van der Waals surface area (Å²) in [6.45, 7) is 4.92. The van der Waals surface area contributed by atoms with Gasteiger partial charge in [-0.05, 0) is 25.5 Å². The van der Waals surface area contributed by atoms with Gasteiger partial charge in [0.25, 0.3) is 0 Å². The lowest BCUT2D eigenvalue weighted by atomic mass is 10.1. The maximum absolute atomic E-state index is 5.96. The van der Waals surface area contributed by atoms with Crippen molar-refractivity contribution in [2.45, 2.75) is 25.4 Å². The molecule has 1 aliphatic rings. The first-order valence-corrected chi connectivity index (χ1v) is 9.55. The summed E-state index contributed by atoms with van der Waals surface area (Å²) >= 11 is 1.61. The van der Waals surface area contributed by atoms with Crippen LogP contribution in [0.25, 0.3) is 17.1 Å². The minimum atomic E-state index is 0.236. The van der Waals surface area contributed by atoms with Gasteiger partial charge in [-0.3, -0.25) is 4.98 Å². The molecule has 4 rings (SSSR count). The Labute approximate surface area is 161 Å². The van der Waals surface area contributed by atoms with Crippen molar-refractivity contribution in [3.8, 4) is 5.75 Å². The molecule has 0 aliphatic carbocycles. The molecule has 27 heavy (non-hydrogen) atoms. The Morgan fingerprint density at radius 3 is 2.85 bits per heavy atom. The summed E-state index contributed by atoms with van der Waals surface area (Å²) in [6, 6.07) is 0. The zero-order valence-electron chi connectivity index (χ0n) is 15.5. The maximum Gasteiger partial charge on any atom is 0.223 e. The van der Waals surface area contributed by atoms with Crippen LogP contribution in [0.1, 0.15) is 22.5 Å². The third-order valence-electron chi connectivity index (χ3n) is 4.65. The second-order valence-electron chi connectivity index (χ2n) is 6.47. The highest BCUT2D eigenvalue weighted by atomic mass is 32.2. The van der Waals surface area contributed by atoms with E-state index in [0.717, 1.165) is 50.0 Å². The van der Waals surface area contributed by atoms with Gasteiger partial charge in [0.05, 0.1) is 30.4 Å². The van der Waals surface area contributed by atoms with Crippen molar-refractivity contribution in [1.29, 1.82) is 0 Å². The third-order valence-corrected chi connectivity index (χ3v) is 5.73. The van der Waals surface area contributed by atoms with Gasteiger partial charge in [0.2, 0.25) is 5.95 Å². The van der Waals surface area contributed by atoms with E-state index in [1.165, 1.54) is 0 Å². The highest BCUT2D eigenvalue weighted by Crippen LogP contribution is 2.34. The molecule has 0 saturated heterocycles. The highest BCUT2D eigenvalue weighted by molar-refractivity contribution is 7.99. The molecule has 4 heterocycles. The van der Waals surface area contributed by atoms with E-state index < -0.39 is 0 Å². The van der Waals surface area contributed by atoms with Crippen molar-refractivity contribution in [1.82, 2.24) is 24.7 Å². The standard InChI is InChI=1S/C18H21N7OS/c1-9-6-21-13(10(2)15(9)26-3)7-25-16-14-12(24-25)4-11(5-19)8-27-17(14)23-18(20)22-16/h4,6H,5,7-8,19H2,1-3H3,(H2,20,22,23). The van der Waals surface area contributed by atoms with Crippen LogP contribution in [0.15, 0.2) is 16.8 Å². The first kappa shape index (κ1) is 17.7. The van der Waals surface area contributed by atoms with Crippen molar-refractivity contribution in [3.63, 3.8) is 0 Å². The van der Waals surface area contributed by atoms with Crippen LogP contribution in [0.3, 0.4) is 0 Å². The fourth-order valence-electron chi connectivity index (χ4n) is 3.29. The summed E-state index contributed by atoms with van der Waals surface area (Å²) < 4.78 is 7.35. The minimum absolute atomic E-state index is 0.236. The predicted octanol–water partition coefficient (Wildman–Crippen LogP) is 1.93. The number of rotatable bonds is 4. The van der Waals surface area contributed by atoms with Gasteiger partial charge in [-0.1, -0.05) is 0 Å². The quantitative estimate of drug-likeness (QED) is 0.656. The summed E-state index contributed by atoms with van der Waals surface area (Å²) in [5.41, 5.74) is 17.3. The van der Waals surface area contributed by atoms with Crippen molar-refractivity contribution < 1.29 is 4.74 Å². The number of aromatic nitrogens is 5. The molecule has 0 radical (unpaired) electrons. The van der Waals surface area contributed by atoms with Crippen LogP contribution in [0.5, 0.6) is 5.75 Å². The fourth-order valence-corrected chi connectivity index (χ4v) is 4.31. The van der Waals surface area contributed by atoms with Gasteiger partial charge in [-0.15, -0.1) is 11.8 Å². The van der Waals surface area contributed by atoms with E-state index in [4.69, 9.17) is 21.3 Å². The average Bonchev–Trinajstić information content (AvgIpc) is 2.87. The zero-order valence-corrected chi connectivity index (χ0v) is 16.3. The lowest BCUT2D eigenvalue weighted by Crippen LogP contribution is -2.09. The van der Waals surface area contributed by atoms with Crippen LogP contribution < -0.4 is 16.2 Å². The van der Waals surface area contributed by atoms with E-state index >= 15 is 0 Å². The Kier molecular flexibility index (Phi) is 4.48. The molecule has 0 fully saturated rings. The zero-order chi connectivity index (χ0) is 19.1. The molecular formula is C18H21N7OS. The smallest absolute Gasteiger partial charge is 0.223 e. The molecule has 0 bridgehead atoms. The van der Waals surface area contributed by atoms with E-state index in [2.05, 4.69) is 15.0 Å². The van der Waals surface area contributed by atoms with Crippen molar-refractivity contribution >= 4 is 34.8 Å². The number of hydrogen-bond donors (Lipinski definition) is 2. The fraction of sp³-hybridized carbons (Fsp3) is 0.333. The summed E-state index contributed by atoms with van der Waals surface area (Å²) in [5, 5.41) is 6.52. The summed E-state index contributed by atoms with van der Waals surface area (Å²) in [6.07, 6.45) is 3.84. The molecule has 140 valence electrons. The number of hydrogen-bond acceptors (Lipinski definition) is 8. The molecule has 0 spiro atoms. The normalized spacial score (nSPS) is 13.6. The number of nitrogen functional groups attached to an aromatic ring is 1. The molecule has 1 aliphatic heterocycles. The molecule has 0 saturated carbocycles. The Balaban J connectivity index is 1.87. The van der Waals surface area contributed by atoms with Gasteiger partial charge in [0.15, 0.2) is 5.65 Å². The second-order valence-corrected chi connectivity index (χ2v) is 7.43. The first-order chi connectivity index (χ1) is 13.0. The number of methoxy groups -OCH3 is 1. The van der Waals surface area contributed by atoms with Crippen LogP contribution in [0.2, 0.25) is 0 Å². The van der Waals surface area contributed by atoms with E-state index in [0.29, 0.717) is 18.7 Å². The number of nitrogens with two attached hydrogens (primary N) is 2. The molecule has 4 N–H and O–H groups in total. The molecule has 0 aromatic carbocycles. The van der Waals surface area contributed by atoms with E-state index in [9.17, 15) is 0 Å². The molecule has 3 aromatic heterocycles. The van der Waals surface area contributed by atoms with Crippen molar-refractivity contribution in [3.05, 3.63) is 34.3 Å². The molecule has 8 nitrogen and oxygen atoms in total. The lowest BCUT2D eigenvalue weighted by Gasteiger charge is -2.12. The van der Waals surface area contributed by atoms with Crippen LogP contribution in [-0.4, -0.2) is 44.1 Å². The Morgan fingerprint density at radius 2 is 2.11 bits per heavy atom. The van der Waals surface area contributed by atoms with Crippen molar-refractivity contribution in [2.24, 2.45) is 5.73 Å². The SMILES string of the molecule is COc1c(C)cnc(Cn2nc3c4c(nc(N)nc42)SCC(CN)=C3)c1C.